The van der Waals surface area contributed by atoms with E-state index < -0.39 is 19.9 Å². The van der Waals surface area contributed by atoms with E-state index in [0.29, 0.717) is 29.4 Å². The van der Waals surface area contributed by atoms with Crippen LogP contribution in [-0.2, 0) is 26.4 Å². The predicted octanol–water partition coefficient (Wildman–Crippen LogP) is 4.58. The van der Waals surface area contributed by atoms with E-state index in [9.17, 15) is 16.8 Å². The number of rotatable bonds is 8. The third kappa shape index (κ3) is 4.84. The van der Waals surface area contributed by atoms with Crippen molar-refractivity contribution in [3.05, 3.63) is 52.9 Å². The lowest BCUT2D eigenvalue weighted by Gasteiger charge is -2.28. The highest BCUT2D eigenvalue weighted by molar-refractivity contribution is 7.94. The van der Waals surface area contributed by atoms with Crippen molar-refractivity contribution in [3.8, 4) is 10.7 Å². The number of sulfonamides is 1. The molecule has 1 fully saturated rings. The van der Waals surface area contributed by atoms with Crippen LogP contribution in [0.25, 0.3) is 21.6 Å². The number of hydrogen-bond donors (Lipinski definition) is 1. The molecular formula is C24H28N4O4S4. The van der Waals surface area contributed by atoms with E-state index in [0.717, 1.165) is 33.0 Å². The molecule has 5 rings (SSSR count). The number of benzene rings is 1. The molecular weight excluding hydrogens is 537 g/mol. The normalized spacial score (nSPS) is 17.4. The number of fused-ring (bicyclic) bond motifs is 1. The van der Waals surface area contributed by atoms with Crippen molar-refractivity contribution in [2.24, 2.45) is 0 Å². The number of H-pyrrole nitrogens is 1. The molecule has 8 nitrogen and oxygen atoms in total. The fourth-order valence-electron chi connectivity index (χ4n) is 4.65. The van der Waals surface area contributed by atoms with Crippen molar-refractivity contribution in [2.75, 3.05) is 23.7 Å². The molecule has 1 unspecified atom stereocenters. The van der Waals surface area contributed by atoms with Crippen molar-refractivity contribution in [3.63, 3.8) is 0 Å². The minimum absolute atomic E-state index is 0.280. The minimum atomic E-state index is -3.71. The molecule has 0 bridgehead atoms. The molecule has 0 amide bonds. The number of aromatic amines is 1. The van der Waals surface area contributed by atoms with Crippen LogP contribution in [0.5, 0.6) is 0 Å². The van der Waals surface area contributed by atoms with Crippen LogP contribution in [0, 0.1) is 0 Å². The van der Waals surface area contributed by atoms with Crippen LogP contribution in [0.3, 0.4) is 0 Å². The molecule has 0 spiro atoms. The number of sulfone groups is 1. The smallest absolute Gasteiger partial charge is 0.274 e. The van der Waals surface area contributed by atoms with Crippen molar-refractivity contribution < 1.29 is 16.8 Å². The van der Waals surface area contributed by atoms with Crippen LogP contribution in [0.15, 0.2) is 52.2 Å². The number of aromatic nitrogens is 2. The summed E-state index contributed by atoms with van der Waals surface area (Å²) >= 11 is 2.77. The van der Waals surface area contributed by atoms with Gasteiger partial charge in [0.1, 0.15) is 9.22 Å². The van der Waals surface area contributed by atoms with Gasteiger partial charge < -0.3 is 4.98 Å². The first kappa shape index (κ1) is 25.4. The van der Waals surface area contributed by atoms with E-state index in [1.807, 2.05) is 44.3 Å². The molecule has 4 aromatic rings. The lowest BCUT2D eigenvalue weighted by atomic mass is 10.2. The Morgan fingerprint density at radius 2 is 2.00 bits per heavy atom. The lowest BCUT2D eigenvalue weighted by molar-refractivity contribution is 0.334. The first-order valence-electron chi connectivity index (χ1n) is 11.6. The maximum Gasteiger partial charge on any atom is 0.274 e. The highest BCUT2D eigenvalue weighted by Crippen LogP contribution is 2.36. The molecule has 3 aromatic heterocycles. The maximum absolute atomic E-state index is 13.5. The summed E-state index contributed by atoms with van der Waals surface area (Å²) in [6, 6.07) is 10.7. The van der Waals surface area contributed by atoms with E-state index in [2.05, 4.69) is 14.9 Å². The summed E-state index contributed by atoms with van der Waals surface area (Å²) in [5.41, 5.74) is 2.16. The average molecular weight is 565 g/mol. The molecule has 0 saturated carbocycles. The van der Waals surface area contributed by atoms with Crippen LogP contribution < -0.4 is 4.31 Å². The van der Waals surface area contributed by atoms with E-state index in [4.69, 9.17) is 0 Å². The predicted molar refractivity (Wildman–Crippen MR) is 147 cm³/mol. The average Bonchev–Trinajstić information content (AvgIpc) is 3.58. The molecule has 36 heavy (non-hydrogen) atoms. The lowest BCUT2D eigenvalue weighted by Crippen LogP contribution is -2.36. The fraction of sp³-hybridized carbons (Fsp3) is 0.375. The summed E-state index contributed by atoms with van der Waals surface area (Å²) in [6.07, 6.45) is 3.81. The first-order chi connectivity index (χ1) is 17.0. The van der Waals surface area contributed by atoms with Gasteiger partial charge in [-0.15, -0.1) is 22.7 Å². The molecule has 1 saturated heterocycles. The SMILES string of the molecule is CC(C)N(c1cccc2cc(-c3ncc(CN4CCC(S(C)(=O)=O)C4)s3)[nH]c12)S(=O)(=O)c1cccs1. The molecule has 1 aliphatic rings. The quantitative estimate of drug-likeness (QED) is 0.336. The molecule has 4 heterocycles. The largest absolute Gasteiger partial charge is 0.351 e. The number of nitrogens with zero attached hydrogens (tertiary/aromatic N) is 3. The number of thiazole rings is 1. The van der Waals surface area contributed by atoms with Gasteiger partial charge in [0, 0.05) is 41.8 Å². The van der Waals surface area contributed by atoms with Crippen molar-refractivity contribution >= 4 is 59.1 Å². The summed E-state index contributed by atoms with van der Waals surface area (Å²) in [4.78, 5) is 11.2. The zero-order valence-electron chi connectivity index (χ0n) is 20.2. The maximum atomic E-state index is 13.5. The van der Waals surface area contributed by atoms with Crippen LogP contribution in [0.4, 0.5) is 5.69 Å². The van der Waals surface area contributed by atoms with E-state index >= 15 is 0 Å². The number of likely N-dealkylation sites (tertiary alicyclic amines) is 1. The molecule has 192 valence electrons. The van der Waals surface area contributed by atoms with Crippen LogP contribution in [0.2, 0.25) is 0 Å². The van der Waals surface area contributed by atoms with Gasteiger partial charge in [0.25, 0.3) is 10.0 Å². The summed E-state index contributed by atoms with van der Waals surface area (Å²) in [5, 5.41) is 3.18. The molecule has 12 heteroatoms. The van der Waals surface area contributed by atoms with Gasteiger partial charge in [-0.25, -0.2) is 21.8 Å². The van der Waals surface area contributed by atoms with Gasteiger partial charge in [-0.2, -0.15) is 0 Å². The molecule has 1 aliphatic heterocycles. The Kier molecular flexibility index (Phi) is 6.75. The van der Waals surface area contributed by atoms with Crippen molar-refractivity contribution in [1.82, 2.24) is 14.9 Å². The second kappa shape index (κ2) is 9.56. The van der Waals surface area contributed by atoms with E-state index in [-0.39, 0.29) is 11.3 Å². The fourth-order valence-corrected chi connectivity index (χ4v) is 9.34. The molecule has 0 radical (unpaired) electrons. The highest BCUT2D eigenvalue weighted by atomic mass is 32.2. The molecule has 0 aliphatic carbocycles. The number of thiophene rings is 1. The Labute approximate surface area is 219 Å². The Morgan fingerprint density at radius 3 is 2.67 bits per heavy atom. The zero-order valence-corrected chi connectivity index (χ0v) is 23.5. The van der Waals surface area contributed by atoms with Gasteiger partial charge in [-0.05, 0) is 50.4 Å². The Bertz CT molecular complexity index is 1590. The summed E-state index contributed by atoms with van der Waals surface area (Å²) in [5.74, 6) is 0. The van der Waals surface area contributed by atoms with E-state index in [1.54, 1.807) is 28.8 Å². The van der Waals surface area contributed by atoms with Crippen LogP contribution in [0.1, 0.15) is 25.1 Å². The van der Waals surface area contributed by atoms with Crippen molar-refractivity contribution in [2.45, 2.75) is 42.3 Å². The summed E-state index contributed by atoms with van der Waals surface area (Å²) < 4.78 is 52.5. The number of hydrogen-bond acceptors (Lipinski definition) is 8. The van der Waals surface area contributed by atoms with Crippen molar-refractivity contribution in [1.29, 1.82) is 0 Å². The van der Waals surface area contributed by atoms with Gasteiger partial charge >= 0.3 is 0 Å². The Morgan fingerprint density at radius 1 is 1.19 bits per heavy atom. The zero-order chi connectivity index (χ0) is 25.7. The molecule has 1 aromatic carbocycles. The monoisotopic (exact) mass is 564 g/mol. The third-order valence-electron chi connectivity index (χ3n) is 6.35. The highest BCUT2D eigenvalue weighted by Gasteiger charge is 2.31. The first-order valence-corrected chi connectivity index (χ1v) is 16.7. The van der Waals surface area contributed by atoms with Gasteiger partial charge in [-0.1, -0.05) is 18.2 Å². The second-order valence-corrected chi connectivity index (χ2v) is 15.8. The Balaban J connectivity index is 1.44. The number of nitrogens with one attached hydrogen (secondary N) is 1. The standard InChI is InChI=1S/C24H28N4O4S4/c1-16(2)28(36(31,32)22-8-5-11-33-22)21-7-4-6-17-12-20(26-23(17)21)24-25-13-18(34-24)14-27-10-9-19(15-27)35(3,29)30/h4-8,11-13,16,19,26H,9-10,14-15H2,1-3H3. The number of para-hydroxylation sites is 1. The van der Waals surface area contributed by atoms with Gasteiger partial charge in [0.05, 0.1) is 22.1 Å². The van der Waals surface area contributed by atoms with Gasteiger partial charge in [0.2, 0.25) is 0 Å². The minimum Gasteiger partial charge on any atom is -0.351 e. The molecule has 1 N–H and O–H groups in total. The van der Waals surface area contributed by atoms with Gasteiger partial charge in [-0.3, -0.25) is 9.21 Å². The van der Waals surface area contributed by atoms with Crippen LogP contribution >= 0.6 is 22.7 Å². The summed E-state index contributed by atoms with van der Waals surface area (Å²) in [6.45, 7) is 5.70. The second-order valence-electron chi connectivity index (χ2n) is 9.36. The number of anilines is 1. The summed E-state index contributed by atoms with van der Waals surface area (Å²) in [7, 11) is -6.74. The Hall–Kier alpha value is -2.25. The molecule has 1 atom stereocenters. The van der Waals surface area contributed by atoms with Gasteiger partial charge in [0.15, 0.2) is 9.84 Å². The van der Waals surface area contributed by atoms with E-state index in [1.165, 1.54) is 21.9 Å². The topological polar surface area (TPSA) is 103 Å². The van der Waals surface area contributed by atoms with Crippen LogP contribution in [-0.4, -0.2) is 62.3 Å². The third-order valence-corrected chi connectivity index (χ3v) is 12.3.